The zero-order valence-corrected chi connectivity index (χ0v) is 10.9. The number of anilines is 1. The SMILES string of the molecule is COc1cccc(NCC[C@@H]2CCOC2)c1[N+](=O)[O-]. The Morgan fingerprint density at radius 1 is 1.58 bits per heavy atom. The molecule has 0 saturated carbocycles. The summed E-state index contributed by atoms with van der Waals surface area (Å²) in [7, 11) is 1.43. The molecule has 0 unspecified atom stereocenters. The van der Waals surface area contributed by atoms with E-state index >= 15 is 0 Å². The van der Waals surface area contributed by atoms with Gasteiger partial charge in [0.05, 0.1) is 12.0 Å². The van der Waals surface area contributed by atoms with Crippen molar-refractivity contribution in [1.29, 1.82) is 0 Å². The average Bonchev–Trinajstić information content (AvgIpc) is 2.91. The van der Waals surface area contributed by atoms with Gasteiger partial charge in [0.1, 0.15) is 5.69 Å². The molecule has 1 aliphatic heterocycles. The first kappa shape index (κ1) is 13.6. The lowest BCUT2D eigenvalue weighted by molar-refractivity contribution is -0.384. The van der Waals surface area contributed by atoms with E-state index < -0.39 is 4.92 Å². The lowest BCUT2D eigenvalue weighted by Crippen LogP contribution is -2.10. The van der Waals surface area contributed by atoms with E-state index in [0.29, 0.717) is 18.2 Å². The Labute approximate surface area is 111 Å². The molecule has 1 aromatic rings. The first-order valence-electron chi connectivity index (χ1n) is 6.35. The molecular weight excluding hydrogens is 248 g/mol. The molecule has 6 heteroatoms. The number of para-hydroxylation sites is 1. The van der Waals surface area contributed by atoms with Crippen molar-refractivity contribution >= 4 is 11.4 Å². The normalized spacial score (nSPS) is 18.3. The van der Waals surface area contributed by atoms with Crippen molar-refractivity contribution in [2.45, 2.75) is 12.8 Å². The maximum atomic E-state index is 11.1. The van der Waals surface area contributed by atoms with Crippen LogP contribution in [0.25, 0.3) is 0 Å². The van der Waals surface area contributed by atoms with Gasteiger partial charge in [-0.1, -0.05) is 6.07 Å². The van der Waals surface area contributed by atoms with Crippen molar-refractivity contribution in [3.8, 4) is 5.75 Å². The van der Waals surface area contributed by atoms with E-state index in [1.807, 2.05) is 0 Å². The summed E-state index contributed by atoms with van der Waals surface area (Å²) in [5.74, 6) is 0.830. The fourth-order valence-electron chi connectivity index (χ4n) is 2.24. The quantitative estimate of drug-likeness (QED) is 0.632. The third kappa shape index (κ3) is 3.35. The second kappa shape index (κ2) is 6.38. The van der Waals surface area contributed by atoms with Gasteiger partial charge in [0.25, 0.3) is 0 Å². The van der Waals surface area contributed by atoms with E-state index in [1.165, 1.54) is 7.11 Å². The highest BCUT2D eigenvalue weighted by Gasteiger charge is 2.21. The summed E-state index contributed by atoms with van der Waals surface area (Å²) < 4.78 is 10.3. The number of nitrogens with one attached hydrogen (secondary N) is 1. The van der Waals surface area contributed by atoms with Crippen molar-refractivity contribution in [3.63, 3.8) is 0 Å². The van der Waals surface area contributed by atoms with Crippen LogP contribution < -0.4 is 10.1 Å². The van der Waals surface area contributed by atoms with Crippen molar-refractivity contribution in [2.24, 2.45) is 5.92 Å². The molecule has 1 aliphatic rings. The van der Waals surface area contributed by atoms with E-state index in [-0.39, 0.29) is 11.4 Å². The van der Waals surface area contributed by atoms with Gasteiger partial charge in [0.15, 0.2) is 5.75 Å². The van der Waals surface area contributed by atoms with Crippen LogP contribution in [-0.4, -0.2) is 31.8 Å². The number of hydrogen-bond donors (Lipinski definition) is 1. The lowest BCUT2D eigenvalue weighted by atomic mass is 10.1. The van der Waals surface area contributed by atoms with Crippen LogP contribution in [0.15, 0.2) is 18.2 Å². The molecule has 0 radical (unpaired) electrons. The third-order valence-electron chi connectivity index (χ3n) is 3.29. The fraction of sp³-hybridized carbons (Fsp3) is 0.538. The second-order valence-electron chi connectivity index (χ2n) is 4.56. The van der Waals surface area contributed by atoms with E-state index in [4.69, 9.17) is 9.47 Å². The van der Waals surface area contributed by atoms with Crippen LogP contribution in [0.5, 0.6) is 5.75 Å². The number of methoxy groups -OCH3 is 1. The Hall–Kier alpha value is -1.82. The number of nitro groups is 1. The highest BCUT2D eigenvalue weighted by molar-refractivity contribution is 5.68. The average molecular weight is 266 g/mol. The number of hydrogen-bond acceptors (Lipinski definition) is 5. The highest BCUT2D eigenvalue weighted by Crippen LogP contribution is 2.34. The van der Waals surface area contributed by atoms with Crippen LogP contribution >= 0.6 is 0 Å². The van der Waals surface area contributed by atoms with Crippen LogP contribution in [0.2, 0.25) is 0 Å². The minimum atomic E-state index is -0.417. The van der Waals surface area contributed by atoms with Crippen LogP contribution in [0, 0.1) is 16.0 Å². The number of benzene rings is 1. The van der Waals surface area contributed by atoms with Crippen molar-refractivity contribution in [2.75, 3.05) is 32.2 Å². The first-order valence-corrected chi connectivity index (χ1v) is 6.35. The molecule has 1 fully saturated rings. The number of nitrogens with zero attached hydrogens (tertiary/aromatic N) is 1. The minimum Gasteiger partial charge on any atom is -0.490 e. The van der Waals surface area contributed by atoms with Gasteiger partial charge in [-0.15, -0.1) is 0 Å². The molecule has 19 heavy (non-hydrogen) atoms. The molecule has 0 spiro atoms. The molecule has 1 atom stereocenters. The van der Waals surface area contributed by atoms with Gasteiger partial charge in [-0.2, -0.15) is 0 Å². The molecule has 0 aromatic heterocycles. The van der Waals surface area contributed by atoms with Gasteiger partial charge in [0, 0.05) is 19.8 Å². The zero-order chi connectivity index (χ0) is 13.7. The summed E-state index contributed by atoms with van der Waals surface area (Å²) in [6.07, 6.45) is 2.02. The summed E-state index contributed by atoms with van der Waals surface area (Å²) in [5.41, 5.74) is 0.496. The first-order chi connectivity index (χ1) is 9.22. The maximum absolute atomic E-state index is 11.1. The highest BCUT2D eigenvalue weighted by atomic mass is 16.6. The van der Waals surface area contributed by atoms with E-state index in [9.17, 15) is 10.1 Å². The van der Waals surface area contributed by atoms with Gasteiger partial charge >= 0.3 is 5.69 Å². The van der Waals surface area contributed by atoms with Gasteiger partial charge in [-0.05, 0) is 30.9 Å². The van der Waals surface area contributed by atoms with Crippen molar-refractivity contribution in [1.82, 2.24) is 0 Å². The molecule has 1 aromatic carbocycles. The molecule has 6 nitrogen and oxygen atoms in total. The summed E-state index contributed by atoms with van der Waals surface area (Å²) >= 11 is 0. The Morgan fingerprint density at radius 3 is 3.05 bits per heavy atom. The predicted octanol–water partition coefficient (Wildman–Crippen LogP) is 2.44. The van der Waals surface area contributed by atoms with Crippen molar-refractivity contribution < 1.29 is 14.4 Å². The largest absolute Gasteiger partial charge is 0.490 e. The molecule has 1 N–H and O–H groups in total. The van der Waals surface area contributed by atoms with Gasteiger partial charge in [-0.3, -0.25) is 10.1 Å². The molecule has 1 heterocycles. The second-order valence-corrected chi connectivity index (χ2v) is 4.56. The van der Waals surface area contributed by atoms with Crippen LogP contribution in [0.1, 0.15) is 12.8 Å². The molecule has 2 rings (SSSR count). The third-order valence-corrected chi connectivity index (χ3v) is 3.29. The number of rotatable bonds is 6. The van der Waals surface area contributed by atoms with E-state index in [2.05, 4.69) is 5.32 Å². The smallest absolute Gasteiger partial charge is 0.333 e. The molecule has 0 amide bonds. The summed E-state index contributed by atoms with van der Waals surface area (Å²) in [6, 6.07) is 5.03. The molecule has 0 aliphatic carbocycles. The Kier molecular flexibility index (Phi) is 4.57. The van der Waals surface area contributed by atoms with Gasteiger partial charge in [-0.25, -0.2) is 0 Å². The summed E-state index contributed by atoms with van der Waals surface area (Å²) in [5, 5.41) is 14.2. The monoisotopic (exact) mass is 266 g/mol. The standard InChI is InChI=1S/C13H18N2O4/c1-18-12-4-2-3-11(13(12)15(16)17)14-7-5-10-6-8-19-9-10/h2-4,10,14H,5-9H2,1H3/t10-/m1/s1. The zero-order valence-electron chi connectivity index (χ0n) is 10.9. The molecule has 104 valence electrons. The lowest BCUT2D eigenvalue weighted by Gasteiger charge is -2.11. The minimum absolute atomic E-state index is 0.00679. The Bertz CT molecular complexity index is 444. The maximum Gasteiger partial charge on any atom is 0.333 e. The van der Waals surface area contributed by atoms with Gasteiger partial charge in [0.2, 0.25) is 0 Å². The number of ether oxygens (including phenoxy) is 2. The predicted molar refractivity (Wildman–Crippen MR) is 71.7 cm³/mol. The van der Waals surface area contributed by atoms with E-state index in [1.54, 1.807) is 18.2 Å². The van der Waals surface area contributed by atoms with Crippen LogP contribution in [-0.2, 0) is 4.74 Å². The van der Waals surface area contributed by atoms with Crippen molar-refractivity contribution in [3.05, 3.63) is 28.3 Å². The Morgan fingerprint density at radius 2 is 2.42 bits per heavy atom. The number of nitro benzene ring substituents is 1. The summed E-state index contributed by atoms with van der Waals surface area (Å²) in [6.45, 7) is 2.31. The molecule has 0 bridgehead atoms. The Balaban J connectivity index is 2.00. The topological polar surface area (TPSA) is 73.6 Å². The van der Waals surface area contributed by atoms with Crippen LogP contribution in [0.4, 0.5) is 11.4 Å². The van der Waals surface area contributed by atoms with E-state index in [0.717, 1.165) is 26.1 Å². The van der Waals surface area contributed by atoms with Gasteiger partial charge < -0.3 is 14.8 Å². The molecular formula is C13H18N2O4. The molecule has 1 saturated heterocycles. The van der Waals surface area contributed by atoms with Crippen LogP contribution in [0.3, 0.4) is 0 Å². The summed E-state index contributed by atoms with van der Waals surface area (Å²) in [4.78, 5) is 10.7. The fourth-order valence-corrected chi connectivity index (χ4v) is 2.24.